The first-order valence-electron chi connectivity index (χ1n) is 3.78. The molecule has 1 aromatic rings. The van der Waals surface area contributed by atoms with Crippen LogP contribution in [-0.2, 0) is 4.79 Å². The number of Topliss-reactive ketones (excluding diaryl/α,β-unsaturated/α-hetero) is 1. The van der Waals surface area contributed by atoms with Gasteiger partial charge in [-0.2, -0.15) is 0 Å². The van der Waals surface area contributed by atoms with Crippen molar-refractivity contribution in [3.8, 4) is 11.5 Å². The van der Waals surface area contributed by atoms with E-state index < -0.39 is 12.1 Å². The molecule has 0 fully saturated rings. The number of aliphatic hydroxyl groups is 2. The average molecular weight is 200 g/mol. The van der Waals surface area contributed by atoms with Crippen molar-refractivity contribution >= 4 is 5.78 Å². The summed E-state index contributed by atoms with van der Waals surface area (Å²) in [5, 5.41) is 33.0. The standard InChI is InChI=1S/C6H6O2.C3H6O3/c7-5-1-2-6(8)4-3-5;1-2(4)3(5)6/h1-4,7-8H;3,5-6H,1H3. The van der Waals surface area contributed by atoms with E-state index in [2.05, 4.69) is 0 Å². The first-order chi connectivity index (χ1) is 6.43. The van der Waals surface area contributed by atoms with Crippen LogP contribution in [-0.4, -0.2) is 32.5 Å². The van der Waals surface area contributed by atoms with Crippen LogP contribution in [0.5, 0.6) is 11.5 Å². The molecule has 0 saturated heterocycles. The van der Waals surface area contributed by atoms with Gasteiger partial charge in [-0.15, -0.1) is 0 Å². The van der Waals surface area contributed by atoms with Gasteiger partial charge < -0.3 is 20.4 Å². The SMILES string of the molecule is CC(=O)C(O)O.Oc1ccc(O)cc1. The molecule has 1 rings (SSSR count). The zero-order chi connectivity index (χ0) is 11.1. The molecule has 0 heterocycles. The Morgan fingerprint density at radius 1 is 1.07 bits per heavy atom. The van der Waals surface area contributed by atoms with Crippen LogP contribution in [0.25, 0.3) is 0 Å². The number of rotatable bonds is 1. The molecule has 0 aromatic heterocycles. The summed E-state index contributed by atoms with van der Waals surface area (Å²) in [6.07, 6.45) is -1.79. The molecule has 0 aliphatic rings. The van der Waals surface area contributed by atoms with E-state index in [1.807, 2.05) is 0 Å². The minimum absolute atomic E-state index is 0.169. The van der Waals surface area contributed by atoms with Crippen LogP contribution in [0.1, 0.15) is 6.92 Å². The zero-order valence-corrected chi connectivity index (χ0v) is 7.58. The van der Waals surface area contributed by atoms with Crippen molar-refractivity contribution in [3.05, 3.63) is 24.3 Å². The lowest BCUT2D eigenvalue weighted by Gasteiger charge is -1.90. The summed E-state index contributed by atoms with van der Waals surface area (Å²) in [4.78, 5) is 9.64. The molecule has 0 saturated carbocycles. The highest BCUT2D eigenvalue weighted by atomic mass is 16.5. The molecule has 1 aromatic carbocycles. The summed E-state index contributed by atoms with van der Waals surface area (Å²) in [6, 6.07) is 5.70. The van der Waals surface area contributed by atoms with Crippen molar-refractivity contribution in [2.45, 2.75) is 13.2 Å². The lowest BCUT2D eigenvalue weighted by Crippen LogP contribution is -2.14. The molecule has 0 atom stereocenters. The van der Waals surface area contributed by atoms with Crippen molar-refractivity contribution in [2.75, 3.05) is 0 Å². The molecule has 0 radical (unpaired) electrons. The smallest absolute Gasteiger partial charge is 0.212 e. The molecule has 0 unspecified atom stereocenters. The second-order valence-corrected chi connectivity index (χ2v) is 2.50. The summed E-state index contributed by atoms with van der Waals surface area (Å²) in [5.74, 6) is -0.291. The van der Waals surface area contributed by atoms with E-state index in [4.69, 9.17) is 20.4 Å². The molecule has 78 valence electrons. The maximum Gasteiger partial charge on any atom is 0.212 e. The topological polar surface area (TPSA) is 98.0 Å². The van der Waals surface area contributed by atoms with Crippen molar-refractivity contribution < 1.29 is 25.2 Å². The Morgan fingerprint density at radius 2 is 1.29 bits per heavy atom. The van der Waals surface area contributed by atoms with Gasteiger partial charge in [-0.3, -0.25) is 4.79 Å². The third kappa shape index (κ3) is 5.99. The number of aliphatic hydroxyl groups excluding tert-OH is 1. The number of carbonyl (C=O) groups excluding carboxylic acids is 1. The van der Waals surface area contributed by atoms with E-state index in [0.717, 1.165) is 6.92 Å². The van der Waals surface area contributed by atoms with E-state index in [-0.39, 0.29) is 11.5 Å². The first kappa shape index (κ1) is 12.4. The van der Waals surface area contributed by atoms with Crippen LogP contribution in [0, 0.1) is 0 Å². The van der Waals surface area contributed by atoms with Crippen molar-refractivity contribution in [1.29, 1.82) is 0 Å². The van der Waals surface area contributed by atoms with Gasteiger partial charge in [0.1, 0.15) is 11.5 Å². The molecule has 5 heteroatoms. The number of hydrogen-bond donors (Lipinski definition) is 4. The highest BCUT2D eigenvalue weighted by Crippen LogP contribution is 2.13. The van der Waals surface area contributed by atoms with Crippen LogP contribution >= 0.6 is 0 Å². The van der Waals surface area contributed by atoms with E-state index in [0.29, 0.717) is 0 Å². The Hall–Kier alpha value is -1.59. The number of phenolic OH excluding ortho intramolecular Hbond substituents is 2. The summed E-state index contributed by atoms with van der Waals surface area (Å²) in [7, 11) is 0. The number of hydrogen-bond acceptors (Lipinski definition) is 5. The van der Waals surface area contributed by atoms with Crippen LogP contribution < -0.4 is 0 Å². The van der Waals surface area contributed by atoms with Gasteiger partial charge >= 0.3 is 0 Å². The molecular weight excluding hydrogens is 188 g/mol. The Kier molecular flexibility index (Phi) is 5.28. The third-order valence-electron chi connectivity index (χ3n) is 1.21. The molecule has 4 N–H and O–H groups in total. The van der Waals surface area contributed by atoms with Crippen LogP contribution in [0.15, 0.2) is 24.3 Å². The number of ketones is 1. The maximum absolute atomic E-state index is 9.64. The molecule has 0 aliphatic carbocycles. The van der Waals surface area contributed by atoms with Crippen molar-refractivity contribution in [2.24, 2.45) is 0 Å². The first-order valence-corrected chi connectivity index (χ1v) is 3.78. The van der Waals surface area contributed by atoms with Gasteiger partial charge in [-0.25, -0.2) is 0 Å². The van der Waals surface area contributed by atoms with Crippen LogP contribution in [0.3, 0.4) is 0 Å². The molecule has 0 bridgehead atoms. The second-order valence-electron chi connectivity index (χ2n) is 2.50. The van der Waals surface area contributed by atoms with Gasteiger partial charge in [-0.1, -0.05) is 0 Å². The lowest BCUT2D eigenvalue weighted by atomic mass is 10.3. The number of aromatic hydroxyl groups is 2. The molecular formula is C9H12O5. The predicted molar refractivity (Wildman–Crippen MR) is 48.7 cm³/mol. The largest absolute Gasteiger partial charge is 0.508 e. The summed E-state index contributed by atoms with van der Waals surface area (Å²) >= 11 is 0. The summed E-state index contributed by atoms with van der Waals surface area (Å²) in [5.41, 5.74) is 0. The highest BCUT2D eigenvalue weighted by Gasteiger charge is 1.99. The number of carbonyl (C=O) groups is 1. The Bertz CT molecular complexity index is 257. The molecule has 14 heavy (non-hydrogen) atoms. The number of benzene rings is 1. The monoisotopic (exact) mass is 200 g/mol. The lowest BCUT2D eigenvalue weighted by molar-refractivity contribution is -0.142. The van der Waals surface area contributed by atoms with E-state index in [1.54, 1.807) is 0 Å². The molecule has 0 spiro atoms. The quantitative estimate of drug-likeness (QED) is 0.377. The van der Waals surface area contributed by atoms with Crippen molar-refractivity contribution in [3.63, 3.8) is 0 Å². The predicted octanol–water partition coefficient (Wildman–Crippen LogP) is -0.0161. The van der Waals surface area contributed by atoms with Gasteiger partial charge in [0.05, 0.1) is 0 Å². The van der Waals surface area contributed by atoms with Gasteiger partial charge in [0, 0.05) is 0 Å². The fourth-order valence-electron chi connectivity index (χ4n) is 0.453. The zero-order valence-electron chi connectivity index (χ0n) is 7.58. The van der Waals surface area contributed by atoms with Gasteiger partial charge in [-0.05, 0) is 31.2 Å². The summed E-state index contributed by atoms with van der Waals surface area (Å²) < 4.78 is 0. The van der Waals surface area contributed by atoms with E-state index in [9.17, 15) is 4.79 Å². The third-order valence-corrected chi connectivity index (χ3v) is 1.21. The summed E-state index contributed by atoms with van der Waals surface area (Å²) in [6.45, 7) is 1.10. The van der Waals surface area contributed by atoms with Crippen LogP contribution in [0.2, 0.25) is 0 Å². The van der Waals surface area contributed by atoms with Crippen LogP contribution in [0.4, 0.5) is 0 Å². The maximum atomic E-state index is 9.64. The molecule has 0 amide bonds. The fraction of sp³-hybridized carbons (Fsp3) is 0.222. The molecule has 5 nitrogen and oxygen atoms in total. The van der Waals surface area contributed by atoms with Gasteiger partial charge in [0.2, 0.25) is 6.29 Å². The average Bonchev–Trinajstić information content (AvgIpc) is 2.11. The number of phenols is 2. The van der Waals surface area contributed by atoms with E-state index in [1.165, 1.54) is 24.3 Å². The van der Waals surface area contributed by atoms with Gasteiger partial charge in [0.25, 0.3) is 0 Å². The Balaban J connectivity index is 0.000000255. The van der Waals surface area contributed by atoms with Gasteiger partial charge in [0.15, 0.2) is 5.78 Å². The minimum atomic E-state index is -1.79. The fourth-order valence-corrected chi connectivity index (χ4v) is 0.453. The molecule has 0 aliphatic heterocycles. The van der Waals surface area contributed by atoms with E-state index >= 15 is 0 Å². The second kappa shape index (κ2) is 5.95. The normalized spacial score (nSPS) is 9.14. The highest BCUT2D eigenvalue weighted by molar-refractivity contribution is 5.78. The Morgan fingerprint density at radius 3 is 1.43 bits per heavy atom. The minimum Gasteiger partial charge on any atom is -0.508 e. The Labute approximate surface area is 80.9 Å². The van der Waals surface area contributed by atoms with Crippen molar-refractivity contribution in [1.82, 2.24) is 0 Å².